The zero-order chi connectivity index (χ0) is 11.4. The molecule has 0 saturated heterocycles. The average molecular weight is 255 g/mol. The Bertz CT molecular complexity index is 450. The van der Waals surface area contributed by atoms with Crippen LogP contribution < -0.4 is 9.47 Å². The van der Waals surface area contributed by atoms with E-state index in [9.17, 15) is 0 Å². The van der Waals surface area contributed by atoms with Gasteiger partial charge in [0.1, 0.15) is 18.1 Å². The maximum absolute atomic E-state index is 5.83. The highest BCUT2D eigenvalue weighted by molar-refractivity contribution is 7.16. The minimum Gasteiger partial charge on any atom is -0.497 e. The van der Waals surface area contributed by atoms with Crippen molar-refractivity contribution in [3.63, 3.8) is 0 Å². The molecule has 0 amide bonds. The average Bonchev–Trinajstić information content (AvgIpc) is 2.73. The van der Waals surface area contributed by atoms with Gasteiger partial charge in [0.25, 0.3) is 0 Å². The van der Waals surface area contributed by atoms with Crippen LogP contribution in [0.15, 0.2) is 36.4 Å². The van der Waals surface area contributed by atoms with Crippen molar-refractivity contribution in [3.8, 4) is 11.5 Å². The number of halogens is 1. The zero-order valence-electron chi connectivity index (χ0n) is 8.77. The van der Waals surface area contributed by atoms with Crippen LogP contribution in [0, 0.1) is 0 Å². The number of thiophene rings is 1. The molecular formula is C12H11ClO2S. The van der Waals surface area contributed by atoms with Crippen LogP contribution in [0.3, 0.4) is 0 Å². The minimum atomic E-state index is 0.545. The van der Waals surface area contributed by atoms with Crippen LogP contribution >= 0.6 is 22.9 Å². The molecule has 2 rings (SSSR count). The van der Waals surface area contributed by atoms with Crippen molar-refractivity contribution in [2.45, 2.75) is 6.61 Å². The van der Waals surface area contributed by atoms with Gasteiger partial charge in [0.2, 0.25) is 0 Å². The molecule has 0 unspecified atom stereocenters. The third-order valence-electron chi connectivity index (χ3n) is 2.07. The van der Waals surface area contributed by atoms with Gasteiger partial charge in [-0.3, -0.25) is 0 Å². The predicted molar refractivity (Wildman–Crippen MR) is 66.7 cm³/mol. The van der Waals surface area contributed by atoms with Gasteiger partial charge in [-0.1, -0.05) is 11.6 Å². The molecule has 1 aromatic heterocycles. The monoisotopic (exact) mass is 254 g/mol. The molecule has 0 atom stereocenters. The number of methoxy groups -OCH3 is 1. The van der Waals surface area contributed by atoms with Crippen LogP contribution in [0.25, 0.3) is 0 Å². The van der Waals surface area contributed by atoms with Crippen molar-refractivity contribution in [3.05, 3.63) is 45.6 Å². The summed E-state index contributed by atoms with van der Waals surface area (Å²) >= 11 is 7.36. The molecular weight excluding hydrogens is 244 g/mol. The lowest BCUT2D eigenvalue weighted by atomic mass is 10.3. The Morgan fingerprint density at radius 1 is 1.06 bits per heavy atom. The Morgan fingerprint density at radius 2 is 1.75 bits per heavy atom. The first-order valence-corrected chi connectivity index (χ1v) is 5.98. The molecule has 4 heteroatoms. The molecule has 0 aliphatic heterocycles. The number of benzene rings is 1. The Labute approximate surface area is 103 Å². The van der Waals surface area contributed by atoms with E-state index in [0.29, 0.717) is 6.61 Å². The largest absolute Gasteiger partial charge is 0.497 e. The van der Waals surface area contributed by atoms with Gasteiger partial charge in [-0.05, 0) is 36.4 Å². The van der Waals surface area contributed by atoms with Crippen molar-refractivity contribution in [1.29, 1.82) is 0 Å². The van der Waals surface area contributed by atoms with E-state index >= 15 is 0 Å². The van der Waals surface area contributed by atoms with Crippen molar-refractivity contribution in [1.82, 2.24) is 0 Å². The van der Waals surface area contributed by atoms with E-state index < -0.39 is 0 Å². The quantitative estimate of drug-likeness (QED) is 0.821. The second-order valence-electron chi connectivity index (χ2n) is 3.17. The topological polar surface area (TPSA) is 18.5 Å². The summed E-state index contributed by atoms with van der Waals surface area (Å²) in [5.74, 6) is 1.65. The molecule has 0 aliphatic rings. The lowest BCUT2D eigenvalue weighted by Gasteiger charge is -2.05. The Balaban J connectivity index is 1.94. The molecule has 16 heavy (non-hydrogen) atoms. The molecule has 0 aliphatic carbocycles. The summed E-state index contributed by atoms with van der Waals surface area (Å²) in [4.78, 5) is 1.11. The number of rotatable bonds is 4. The molecule has 0 spiro atoms. The second kappa shape index (κ2) is 5.23. The maximum Gasteiger partial charge on any atom is 0.122 e. The van der Waals surface area contributed by atoms with E-state index in [0.717, 1.165) is 20.7 Å². The number of ether oxygens (including phenoxy) is 2. The first kappa shape index (κ1) is 11.3. The van der Waals surface area contributed by atoms with Crippen molar-refractivity contribution in [2.24, 2.45) is 0 Å². The van der Waals surface area contributed by atoms with Crippen molar-refractivity contribution < 1.29 is 9.47 Å². The SMILES string of the molecule is COc1ccc(OCc2ccc(Cl)s2)cc1. The predicted octanol–water partition coefficient (Wildman–Crippen LogP) is 3.99. The van der Waals surface area contributed by atoms with Gasteiger partial charge in [0.15, 0.2) is 0 Å². The third-order valence-corrected chi connectivity index (χ3v) is 3.27. The van der Waals surface area contributed by atoms with Gasteiger partial charge < -0.3 is 9.47 Å². The highest BCUT2D eigenvalue weighted by atomic mass is 35.5. The molecule has 2 nitrogen and oxygen atoms in total. The van der Waals surface area contributed by atoms with E-state index in [-0.39, 0.29) is 0 Å². The Morgan fingerprint density at radius 3 is 2.31 bits per heavy atom. The first-order chi connectivity index (χ1) is 7.78. The number of hydrogen-bond donors (Lipinski definition) is 0. The smallest absolute Gasteiger partial charge is 0.122 e. The summed E-state index contributed by atoms with van der Waals surface area (Å²) in [5.41, 5.74) is 0. The van der Waals surface area contributed by atoms with Crippen molar-refractivity contribution in [2.75, 3.05) is 7.11 Å². The second-order valence-corrected chi connectivity index (χ2v) is 4.97. The fraction of sp³-hybridized carbons (Fsp3) is 0.167. The van der Waals surface area contributed by atoms with Crippen LogP contribution in [0.2, 0.25) is 4.34 Å². The minimum absolute atomic E-state index is 0.545. The normalized spacial score (nSPS) is 10.1. The van der Waals surface area contributed by atoms with Gasteiger partial charge in [-0.15, -0.1) is 11.3 Å². The molecule has 0 fully saturated rings. The number of hydrogen-bond acceptors (Lipinski definition) is 3. The molecule has 1 aromatic carbocycles. The lowest BCUT2D eigenvalue weighted by molar-refractivity contribution is 0.309. The van der Waals surface area contributed by atoms with Gasteiger partial charge in [0.05, 0.1) is 11.4 Å². The summed E-state index contributed by atoms with van der Waals surface area (Å²) in [6.07, 6.45) is 0. The van der Waals surface area contributed by atoms with Gasteiger partial charge in [0, 0.05) is 4.88 Å². The Hall–Kier alpha value is -1.19. The molecule has 2 aromatic rings. The van der Waals surface area contributed by atoms with Crippen molar-refractivity contribution >= 4 is 22.9 Å². The third kappa shape index (κ3) is 2.90. The van der Waals surface area contributed by atoms with E-state index in [1.165, 1.54) is 11.3 Å². The summed E-state index contributed by atoms with van der Waals surface area (Å²) < 4.78 is 11.5. The van der Waals surface area contributed by atoms with Crippen LogP contribution in [0.4, 0.5) is 0 Å². The van der Waals surface area contributed by atoms with Crippen LogP contribution in [-0.2, 0) is 6.61 Å². The van der Waals surface area contributed by atoms with E-state index in [2.05, 4.69) is 0 Å². The summed E-state index contributed by atoms with van der Waals surface area (Å²) in [6, 6.07) is 11.4. The van der Waals surface area contributed by atoms with Crippen LogP contribution in [0.1, 0.15) is 4.88 Å². The van der Waals surface area contributed by atoms with E-state index in [1.807, 2.05) is 36.4 Å². The van der Waals surface area contributed by atoms with Gasteiger partial charge in [-0.25, -0.2) is 0 Å². The highest BCUT2D eigenvalue weighted by Gasteiger charge is 1.99. The molecule has 84 valence electrons. The molecule has 0 bridgehead atoms. The van der Waals surface area contributed by atoms with Gasteiger partial charge in [-0.2, -0.15) is 0 Å². The van der Waals surface area contributed by atoms with Gasteiger partial charge >= 0.3 is 0 Å². The molecule has 0 N–H and O–H groups in total. The maximum atomic E-state index is 5.83. The van der Waals surface area contributed by atoms with E-state index in [4.69, 9.17) is 21.1 Å². The summed E-state index contributed by atoms with van der Waals surface area (Å²) in [5, 5.41) is 0. The first-order valence-electron chi connectivity index (χ1n) is 4.79. The zero-order valence-corrected chi connectivity index (χ0v) is 10.3. The molecule has 1 heterocycles. The highest BCUT2D eigenvalue weighted by Crippen LogP contribution is 2.23. The summed E-state index contributed by atoms with van der Waals surface area (Å²) in [7, 11) is 1.64. The Kier molecular flexibility index (Phi) is 3.70. The standard InChI is InChI=1S/C12H11ClO2S/c1-14-9-2-4-10(5-3-9)15-8-11-6-7-12(13)16-11/h2-7H,8H2,1H3. The fourth-order valence-corrected chi connectivity index (χ4v) is 2.26. The lowest BCUT2D eigenvalue weighted by Crippen LogP contribution is -1.92. The molecule has 0 saturated carbocycles. The van der Waals surface area contributed by atoms with Crippen LogP contribution in [-0.4, -0.2) is 7.11 Å². The summed E-state index contributed by atoms with van der Waals surface area (Å²) in [6.45, 7) is 0.545. The van der Waals surface area contributed by atoms with E-state index in [1.54, 1.807) is 7.11 Å². The molecule has 0 radical (unpaired) electrons. The van der Waals surface area contributed by atoms with Crippen LogP contribution in [0.5, 0.6) is 11.5 Å². The fourth-order valence-electron chi connectivity index (χ4n) is 1.26.